The first-order valence-corrected chi connectivity index (χ1v) is 6.16. The van der Waals surface area contributed by atoms with Crippen molar-refractivity contribution in [3.8, 4) is 6.07 Å². The molecule has 0 saturated heterocycles. The molecule has 1 aliphatic rings. The van der Waals surface area contributed by atoms with Gasteiger partial charge in [-0.25, -0.2) is 0 Å². The minimum Gasteiger partial charge on any atom is -0.385 e. The maximum atomic E-state index is 10.5. The number of nitrogens with zero attached hydrogens (tertiary/aromatic N) is 3. The van der Waals surface area contributed by atoms with Crippen LogP contribution in [0.5, 0.6) is 0 Å². The highest BCUT2D eigenvalue weighted by molar-refractivity contribution is 5.16. The van der Waals surface area contributed by atoms with Gasteiger partial charge in [0.1, 0.15) is 6.10 Å². The number of aliphatic hydroxyl groups excluding tert-OH is 1. The summed E-state index contributed by atoms with van der Waals surface area (Å²) >= 11 is 0. The molecular weight excluding hydrogens is 214 g/mol. The Morgan fingerprint density at radius 1 is 1.71 bits per heavy atom. The Labute approximate surface area is 102 Å². The molecule has 1 aromatic heterocycles. The van der Waals surface area contributed by atoms with Crippen LogP contribution in [-0.2, 0) is 7.05 Å². The highest BCUT2D eigenvalue weighted by Crippen LogP contribution is 2.47. The first kappa shape index (κ1) is 12.1. The summed E-state index contributed by atoms with van der Waals surface area (Å²) < 4.78 is 1.66. The van der Waals surface area contributed by atoms with Crippen molar-refractivity contribution in [1.82, 2.24) is 9.78 Å². The van der Waals surface area contributed by atoms with Gasteiger partial charge in [-0.3, -0.25) is 4.68 Å². The molecule has 0 spiro atoms. The van der Waals surface area contributed by atoms with Crippen LogP contribution < -0.4 is 0 Å². The number of nitriles is 1. The van der Waals surface area contributed by atoms with Crippen molar-refractivity contribution in [3.63, 3.8) is 0 Å². The Kier molecular flexibility index (Phi) is 3.21. The molecule has 3 unspecified atom stereocenters. The van der Waals surface area contributed by atoms with E-state index in [-0.39, 0.29) is 0 Å². The van der Waals surface area contributed by atoms with Gasteiger partial charge >= 0.3 is 0 Å². The molecule has 0 aromatic carbocycles. The van der Waals surface area contributed by atoms with E-state index >= 15 is 0 Å². The van der Waals surface area contributed by atoms with Crippen LogP contribution in [0.4, 0.5) is 0 Å². The van der Waals surface area contributed by atoms with Crippen LogP contribution in [0.2, 0.25) is 0 Å². The Morgan fingerprint density at radius 3 is 3.00 bits per heavy atom. The molecule has 92 valence electrons. The molecule has 1 aromatic rings. The van der Waals surface area contributed by atoms with Crippen molar-refractivity contribution in [3.05, 3.63) is 18.0 Å². The van der Waals surface area contributed by atoms with Crippen molar-refractivity contribution in [2.24, 2.45) is 18.4 Å². The molecule has 3 atom stereocenters. The van der Waals surface area contributed by atoms with Crippen LogP contribution in [0.1, 0.15) is 44.4 Å². The van der Waals surface area contributed by atoms with E-state index in [0.717, 1.165) is 31.4 Å². The van der Waals surface area contributed by atoms with Gasteiger partial charge in [-0.1, -0.05) is 19.8 Å². The van der Waals surface area contributed by atoms with E-state index in [4.69, 9.17) is 0 Å². The Bertz CT molecular complexity index is 434. The van der Waals surface area contributed by atoms with E-state index in [2.05, 4.69) is 18.1 Å². The van der Waals surface area contributed by atoms with E-state index in [1.807, 2.05) is 0 Å². The Hall–Kier alpha value is -1.34. The maximum absolute atomic E-state index is 10.5. The molecule has 1 fully saturated rings. The largest absolute Gasteiger partial charge is 0.385 e. The van der Waals surface area contributed by atoms with E-state index in [1.165, 1.54) is 0 Å². The lowest BCUT2D eigenvalue weighted by molar-refractivity contribution is 0.0165. The molecule has 0 radical (unpaired) electrons. The summed E-state index contributed by atoms with van der Waals surface area (Å²) in [6.07, 6.45) is 4.65. The molecule has 1 aliphatic carbocycles. The summed E-state index contributed by atoms with van der Waals surface area (Å²) in [5.41, 5.74) is 0.103. The molecule has 4 heteroatoms. The summed E-state index contributed by atoms with van der Waals surface area (Å²) in [6, 6.07) is 4.17. The van der Waals surface area contributed by atoms with E-state index in [0.29, 0.717) is 5.92 Å². The fourth-order valence-electron chi connectivity index (χ4n) is 2.94. The lowest BCUT2D eigenvalue weighted by Gasteiger charge is -2.37. The molecule has 2 rings (SSSR count). The number of hydrogen-bond acceptors (Lipinski definition) is 3. The predicted octanol–water partition coefficient (Wildman–Crippen LogP) is 2.17. The van der Waals surface area contributed by atoms with Gasteiger partial charge in [-0.2, -0.15) is 10.4 Å². The second kappa shape index (κ2) is 4.50. The zero-order valence-electron chi connectivity index (χ0n) is 10.4. The first-order chi connectivity index (χ1) is 8.09. The normalized spacial score (nSPS) is 30.8. The summed E-state index contributed by atoms with van der Waals surface area (Å²) in [7, 11) is 1.80. The average molecular weight is 233 g/mol. The molecule has 1 heterocycles. The van der Waals surface area contributed by atoms with Crippen LogP contribution in [0.25, 0.3) is 0 Å². The van der Waals surface area contributed by atoms with Crippen LogP contribution >= 0.6 is 0 Å². The fourth-order valence-corrected chi connectivity index (χ4v) is 2.94. The van der Waals surface area contributed by atoms with Gasteiger partial charge in [0, 0.05) is 13.2 Å². The average Bonchev–Trinajstić information content (AvgIpc) is 2.74. The number of hydrogen-bond donors (Lipinski definition) is 1. The summed E-state index contributed by atoms with van der Waals surface area (Å²) in [6.45, 7) is 2.15. The monoisotopic (exact) mass is 233 g/mol. The van der Waals surface area contributed by atoms with E-state index < -0.39 is 11.5 Å². The summed E-state index contributed by atoms with van der Waals surface area (Å²) in [5, 5.41) is 24.0. The second-order valence-corrected chi connectivity index (χ2v) is 5.25. The summed E-state index contributed by atoms with van der Waals surface area (Å²) in [4.78, 5) is 0. The fraction of sp³-hybridized carbons (Fsp3) is 0.692. The van der Waals surface area contributed by atoms with Gasteiger partial charge in [0.15, 0.2) is 0 Å². The lowest BCUT2D eigenvalue weighted by Crippen LogP contribution is -2.33. The SMILES string of the molecule is CC1CCCC(C#N)(C(O)c2ccnn2C)C1. The number of aliphatic hydroxyl groups is 1. The van der Waals surface area contributed by atoms with Crippen molar-refractivity contribution >= 4 is 0 Å². The Morgan fingerprint density at radius 2 is 2.47 bits per heavy atom. The van der Waals surface area contributed by atoms with Crippen LogP contribution in [0.3, 0.4) is 0 Å². The van der Waals surface area contributed by atoms with Gasteiger partial charge in [0.25, 0.3) is 0 Å². The van der Waals surface area contributed by atoms with Crippen LogP contribution in [-0.4, -0.2) is 14.9 Å². The minimum absolute atomic E-state index is 0.506. The molecule has 1 saturated carbocycles. The van der Waals surface area contributed by atoms with Gasteiger partial charge in [0.2, 0.25) is 0 Å². The molecular formula is C13H19N3O. The highest BCUT2D eigenvalue weighted by atomic mass is 16.3. The molecule has 0 amide bonds. The smallest absolute Gasteiger partial charge is 0.114 e. The predicted molar refractivity (Wildman–Crippen MR) is 63.8 cm³/mol. The van der Waals surface area contributed by atoms with Crippen LogP contribution in [0, 0.1) is 22.7 Å². The van der Waals surface area contributed by atoms with Gasteiger partial charge in [-0.15, -0.1) is 0 Å². The zero-order valence-corrected chi connectivity index (χ0v) is 10.4. The van der Waals surface area contributed by atoms with E-state index in [9.17, 15) is 10.4 Å². The van der Waals surface area contributed by atoms with Crippen molar-refractivity contribution in [2.75, 3.05) is 0 Å². The molecule has 0 bridgehead atoms. The third-order valence-electron chi connectivity index (χ3n) is 3.92. The topological polar surface area (TPSA) is 61.8 Å². The molecule has 0 aliphatic heterocycles. The van der Waals surface area contributed by atoms with Gasteiger partial charge in [-0.05, 0) is 24.8 Å². The first-order valence-electron chi connectivity index (χ1n) is 6.16. The zero-order chi connectivity index (χ0) is 12.5. The standard InChI is InChI=1S/C13H19N3O/c1-10-4-3-6-13(8-10,9-14)12(17)11-5-7-15-16(11)2/h5,7,10,12,17H,3-4,6,8H2,1-2H3. The molecule has 1 N–H and O–H groups in total. The Balaban J connectivity index is 2.30. The van der Waals surface area contributed by atoms with Crippen molar-refractivity contribution < 1.29 is 5.11 Å². The lowest BCUT2D eigenvalue weighted by atomic mass is 9.67. The van der Waals surface area contributed by atoms with Crippen molar-refractivity contribution in [1.29, 1.82) is 5.26 Å². The number of rotatable bonds is 2. The maximum Gasteiger partial charge on any atom is 0.114 e. The highest BCUT2D eigenvalue weighted by Gasteiger charge is 2.43. The number of aromatic nitrogens is 2. The van der Waals surface area contributed by atoms with Crippen molar-refractivity contribution in [2.45, 2.75) is 38.7 Å². The molecule has 4 nitrogen and oxygen atoms in total. The van der Waals surface area contributed by atoms with Gasteiger partial charge < -0.3 is 5.11 Å². The third-order valence-corrected chi connectivity index (χ3v) is 3.92. The number of aryl methyl sites for hydroxylation is 1. The molecule has 17 heavy (non-hydrogen) atoms. The quantitative estimate of drug-likeness (QED) is 0.851. The third kappa shape index (κ3) is 2.07. The second-order valence-electron chi connectivity index (χ2n) is 5.25. The van der Waals surface area contributed by atoms with Gasteiger partial charge in [0.05, 0.1) is 17.2 Å². The summed E-state index contributed by atoms with van der Waals surface area (Å²) in [5.74, 6) is 0.506. The van der Waals surface area contributed by atoms with E-state index in [1.54, 1.807) is 24.0 Å². The minimum atomic E-state index is -0.734. The van der Waals surface area contributed by atoms with Crippen LogP contribution in [0.15, 0.2) is 12.3 Å².